The molecule has 0 unspecified atom stereocenters. The summed E-state index contributed by atoms with van der Waals surface area (Å²) in [6.45, 7) is 4.09. The van der Waals surface area contributed by atoms with Crippen molar-refractivity contribution in [1.82, 2.24) is 24.7 Å². The van der Waals surface area contributed by atoms with Gasteiger partial charge in [0, 0.05) is 37.2 Å². The molecule has 2 aromatic carbocycles. The molecule has 2 bridgehead atoms. The Kier molecular flexibility index (Phi) is 4.95. The minimum absolute atomic E-state index is 0.0712. The van der Waals surface area contributed by atoms with Crippen LogP contribution in [0.4, 0.5) is 4.79 Å². The minimum Gasteiger partial charge on any atom is -0.334 e. The molecule has 0 saturated carbocycles. The Hall–Kier alpha value is -3.12. The smallest absolute Gasteiger partial charge is 0.318 e. The van der Waals surface area contributed by atoms with Crippen LogP contribution >= 0.6 is 0 Å². The molecule has 6 heteroatoms. The van der Waals surface area contributed by atoms with Gasteiger partial charge < -0.3 is 19.7 Å². The molecule has 0 radical (unpaired) electrons. The third-order valence-electron chi connectivity index (χ3n) is 7.52. The zero-order chi connectivity index (χ0) is 21.5. The van der Waals surface area contributed by atoms with Crippen molar-refractivity contribution in [3.63, 3.8) is 0 Å². The van der Waals surface area contributed by atoms with Crippen LogP contribution < -0.4 is 5.32 Å². The molecule has 2 atom stereocenters. The third-order valence-corrected chi connectivity index (χ3v) is 7.52. The number of rotatable bonds is 3. The second kappa shape index (κ2) is 8.10. The average molecular weight is 428 g/mol. The Morgan fingerprint density at radius 3 is 2.53 bits per heavy atom. The van der Waals surface area contributed by atoms with Gasteiger partial charge in [-0.05, 0) is 67.1 Å². The Bertz CT molecular complexity index is 1090. The molecule has 3 aromatic rings. The predicted octanol–water partition coefficient (Wildman–Crippen LogP) is 3.62. The number of hydrogen-bond donors (Lipinski definition) is 1. The fraction of sp³-hybridized carbons (Fsp3) is 0.385. The monoisotopic (exact) mass is 427 g/mol. The number of amides is 2. The minimum atomic E-state index is -0.0714. The van der Waals surface area contributed by atoms with E-state index in [1.54, 1.807) is 12.5 Å². The van der Waals surface area contributed by atoms with Crippen LogP contribution in [0.5, 0.6) is 0 Å². The summed E-state index contributed by atoms with van der Waals surface area (Å²) in [7, 11) is 0. The van der Waals surface area contributed by atoms with E-state index in [1.165, 1.54) is 37.1 Å². The van der Waals surface area contributed by atoms with Gasteiger partial charge in [-0.25, -0.2) is 9.78 Å². The number of carbonyl (C=O) groups is 1. The zero-order valence-electron chi connectivity index (χ0n) is 18.2. The van der Waals surface area contributed by atoms with E-state index in [1.807, 2.05) is 15.7 Å². The largest absolute Gasteiger partial charge is 0.334 e. The molecule has 4 aliphatic heterocycles. The van der Waals surface area contributed by atoms with Crippen molar-refractivity contribution < 1.29 is 4.79 Å². The fourth-order valence-corrected chi connectivity index (χ4v) is 5.76. The number of imidazole rings is 1. The number of fused-ring (bicyclic) bond motifs is 4. The van der Waals surface area contributed by atoms with Crippen molar-refractivity contribution in [2.75, 3.05) is 26.2 Å². The lowest BCUT2D eigenvalue weighted by Gasteiger charge is -2.46. The van der Waals surface area contributed by atoms with Gasteiger partial charge in [0.1, 0.15) is 0 Å². The van der Waals surface area contributed by atoms with E-state index in [0.29, 0.717) is 5.92 Å². The van der Waals surface area contributed by atoms with Crippen LogP contribution in [-0.2, 0) is 6.42 Å². The molecular formula is C26H29N5O. The maximum atomic E-state index is 13.6. The lowest BCUT2D eigenvalue weighted by atomic mass is 9.84. The number of nitrogens with zero attached hydrogens (tertiary/aromatic N) is 4. The normalized spacial score (nSPS) is 26.6. The SMILES string of the molecule is O=C(N[C@@H]1CN2CCC1CC2)N1CCc2ccccc2[C@@H]1c1ccc(-n2ccnc2)cc1. The quantitative estimate of drug-likeness (QED) is 0.695. The Morgan fingerprint density at radius 2 is 1.81 bits per heavy atom. The van der Waals surface area contributed by atoms with Crippen LogP contribution in [0, 0.1) is 5.92 Å². The number of carbonyl (C=O) groups excluding carboxylic acids is 1. The second-order valence-corrected chi connectivity index (χ2v) is 9.30. The van der Waals surface area contributed by atoms with E-state index in [2.05, 4.69) is 63.7 Å². The molecule has 6 nitrogen and oxygen atoms in total. The maximum Gasteiger partial charge on any atom is 0.318 e. The zero-order valence-corrected chi connectivity index (χ0v) is 18.2. The van der Waals surface area contributed by atoms with Crippen LogP contribution in [-0.4, -0.2) is 57.6 Å². The third kappa shape index (κ3) is 3.48. The molecule has 32 heavy (non-hydrogen) atoms. The van der Waals surface area contributed by atoms with Gasteiger partial charge in [0.05, 0.1) is 12.4 Å². The van der Waals surface area contributed by atoms with Gasteiger partial charge in [0.25, 0.3) is 0 Å². The molecule has 4 aliphatic rings. The van der Waals surface area contributed by atoms with Crippen molar-refractivity contribution in [2.45, 2.75) is 31.3 Å². The molecule has 5 heterocycles. The highest BCUT2D eigenvalue weighted by atomic mass is 16.2. The van der Waals surface area contributed by atoms with Crippen LogP contribution in [0.25, 0.3) is 5.69 Å². The maximum absolute atomic E-state index is 13.6. The molecule has 1 aromatic heterocycles. The average Bonchev–Trinajstić information content (AvgIpc) is 3.39. The summed E-state index contributed by atoms with van der Waals surface area (Å²) in [5.74, 6) is 0.619. The molecule has 0 aliphatic carbocycles. The van der Waals surface area contributed by atoms with E-state index in [0.717, 1.165) is 30.8 Å². The van der Waals surface area contributed by atoms with Gasteiger partial charge in [-0.3, -0.25) is 0 Å². The van der Waals surface area contributed by atoms with Gasteiger partial charge in [0.2, 0.25) is 0 Å². The first kappa shape index (κ1) is 19.6. The summed E-state index contributed by atoms with van der Waals surface area (Å²) in [6.07, 6.45) is 8.83. The van der Waals surface area contributed by atoms with Crippen LogP contribution in [0.15, 0.2) is 67.3 Å². The van der Waals surface area contributed by atoms with Crippen molar-refractivity contribution in [2.24, 2.45) is 5.92 Å². The van der Waals surface area contributed by atoms with Crippen molar-refractivity contribution in [3.05, 3.63) is 83.9 Å². The molecule has 2 amide bonds. The summed E-state index contributed by atoms with van der Waals surface area (Å²) in [5, 5.41) is 3.42. The van der Waals surface area contributed by atoms with Crippen LogP contribution in [0.2, 0.25) is 0 Å². The van der Waals surface area contributed by atoms with E-state index in [4.69, 9.17) is 0 Å². The van der Waals surface area contributed by atoms with Crippen LogP contribution in [0.3, 0.4) is 0 Å². The highest BCUT2D eigenvalue weighted by Gasteiger charge is 2.38. The first-order valence-corrected chi connectivity index (χ1v) is 11.7. The number of piperidine rings is 3. The highest BCUT2D eigenvalue weighted by Crippen LogP contribution is 2.36. The molecule has 0 spiro atoms. The summed E-state index contributed by atoms with van der Waals surface area (Å²) in [4.78, 5) is 22.3. The molecule has 164 valence electrons. The molecule has 3 saturated heterocycles. The Balaban J connectivity index is 1.30. The van der Waals surface area contributed by atoms with Gasteiger partial charge in [-0.1, -0.05) is 36.4 Å². The summed E-state index contributed by atoms with van der Waals surface area (Å²) < 4.78 is 2.00. The molecule has 3 fully saturated rings. The van der Waals surface area contributed by atoms with Crippen LogP contribution in [0.1, 0.15) is 35.6 Å². The topological polar surface area (TPSA) is 53.4 Å². The molecule has 1 N–H and O–H groups in total. The Labute approximate surface area is 188 Å². The predicted molar refractivity (Wildman–Crippen MR) is 124 cm³/mol. The standard InChI is InChI=1S/C26H29N5O/c32-26(28-24-17-29-13-9-20(24)10-14-29)31-15-11-19-3-1-2-4-23(19)25(31)21-5-7-22(8-6-21)30-16-12-27-18-30/h1-8,12,16,18,20,24-25H,9-11,13-15,17H2,(H,28,32)/t24-,25+/m1/s1. The van der Waals surface area contributed by atoms with Crippen molar-refractivity contribution in [3.8, 4) is 5.69 Å². The second-order valence-electron chi connectivity index (χ2n) is 9.30. The first-order chi connectivity index (χ1) is 15.8. The lowest BCUT2D eigenvalue weighted by Crippen LogP contribution is -2.59. The van der Waals surface area contributed by atoms with Gasteiger partial charge >= 0.3 is 6.03 Å². The number of nitrogens with one attached hydrogen (secondary N) is 1. The van der Waals surface area contributed by atoms with Gasteiger partial charge in [-0.2, -0.15) is 0 Å². The Morgan fingerprint density at radius 1 is 1.00 bits per heavy atom. The van der Waals surface area contributed by atoms with E-state index < -0.39 is 0 Å². The number of hydrogen-bond acceptors (Lipinski definition) is 3. The van der Waals surface area contributed by atoms with E-state index in [9.17, 15) is 4.79 Å². The van der Waals surface area contributed by atoms with E-state index >= 15 is 0 Å². The fourth-order valence-electron chi connectivity index (χ4n) is 5.76. The molecular weight excluding hydrogens is 398 g/mol. The van der Waals surface area contributed by atoms with Crippen molar-refractivity contribution in [1.29, 1.82) is 0 Å². The molecule has 7 rings (SSSR count). The summed E-state index contributed by atoms with van der Waals surface area (Å²) >= 11 is 0. The van der Waals surface area contributed by atoms with E-state index in [-0.39, 0.29) is 18.1 Å². The lowest BCUT2D eigenvalue weighted by molar-refractivity contribution is 0.0715. The number of urea groups is 1. The summed E-state index contributed by atoms with van der Waals surface area (Å²) in [6, 6.07) is 17.3. The highest BCUT2D eigenvalue weighted by molar-refractivity contribution is 5.76. The number of benzene rings is 2. The van der Waals surface area contributed by atoms with Gasteiger partial charge in [0.15, 0.2) is 0 Å². The number of aromatic nitrogens is 2. The summed E-state index contributed by atoms with van der Waals surface area (Å²) in [5.41, 5.74) is 4.78. The van der Waals surface area contributed by atoms with Gasteiger partial charge in [-0.15, -0.1) is 0 Å². The van der Waals surface area contributed by atoms with Crippen molar-refractivity contribution >= 4 is 6.03 Å². The first-order valence-electron chi connectivity index (χ1n) is 11.7.